The molecule has 0 saturated carbocycles. The molecule has 4 heteroatoms. The number of carbonyl (C=O) groups excluding carboxylic acids is 1. The van der Waals surface area contributed by atoms with Crippen LogP contribution in [-0.4, -0.2) is 10.9 Å². The number of amides is 1. The van der Waals surface area contributed by atoms with Gasteiger partial charge in [-0.05, 0) is 6.42 Å². The normalized spacial score (nSPS) is 11.4. The van der Waals surface area contributed by atoms with Gasteiger partial charge in [0.05, 0.1) is 0 Å². The molecule has 0 aliphatic rings. The van der Waals surface area contributed by atoms with E-state index in [1.807, 2.05) is 44.2 Å². The molecule has 1 N–H and O–H groups in total. The number of benzene rings is 1. The van der Waals surface area contributed by atoms with Crippen LogP contribution in [0.15, 0.2) is 41.0 Å². The molecule has 2 aromatic rings. The number of anilines is 1. The summed E-state index contributed by atoms with van der Waals surface area (Å²) in [4.78, 5) is 16.6. The average molecular weight is 286 g/mol. The molecule has 1 aromatic heterocycles. The van der Waals surface area contributed by atoms with Crippen molar-refractivity contribution >= 4 is 11.9 Å². The average Bonchev–Trinajstić information content (AvgIpc) is 2.94. The van der Waals surface area contributed by atoms with Crippen molar-refractivity contribution in [1.29, 1.82) is 0 Å². The molecule has 2 rings (SSSR count). The van der Waals surface area contributed by atoms with Gasteiger partial charge in [-0.1, -0.05) is 63.9 Å². The zero-order valence-electron chi connectivity index (χ0n) is 12.8. The van der Waals surface area contributed by atoms with Crippen molar-refractivity contribution < 1.29 is 9.21 Å². The lowest BCUT2D eigenvalue weighted by molar-refractivity contribution is -0.124. The lowest BCUT2D eigenvalue weighted by Gasteiger charge is -2.22. The maximum absolute atomic E-state index is 12.3. The van der Waals surface area contributed by atoms with Crippen molar-refractivity contribution in [3.8, 4) is 11.3 Å². The SMILES string of the molecule is CCCCC(C)(C)C(=O)Nc1nc(-c2ccccc2)co1. The van der Waals surface area contributed by atoms with Gasteiger partial charge in [-0.3, -0.25) is 10.1 Å². The Morgan fingerprint density at radius 3 is 2.67 bits per heavy atom. The van der Waals surface area contributed by atoms with Crippen molar-refractivity contribution in [2.45, 2.75) is 40.0 Å². The fourth-order valence-corrected chi connectivity index (χ4v) is 2.07. The first-order valence-electron chi connectivity index (χ1n) is 7.35. The molecule has 0 radical (unpaired) electrons. The van der Waals surface area contributed by atoms with Crippen molar-refractivity contribution in [3.63, 3.8) is 0 Å². The van der Waals surface area contributed by atoms with Gasteiger partial charge in [0.1, 0.15) is 12.0 Å². The van der Waals surface area contributed by atoms with Crippen LogP contribution in [0.5, 0.6) is 0 Å². The Morgan fingerprint density at radius 1 is 1.29 bits per heavy atom. The van der Waals surface area contributed by atoms with Crippen molar-refractivity contribution in [2.75, 3.05) is 5.32 Å². The highest BCUT2D eigenvalue weighted by molar-refractivity contribution is 5.93. The molecule has 0 fully saturated rings. The predicted octanol–water partition coefficient (Wildman–Crippen LogP) is 4.50. The van der Waals surface area contributed by atoms with E-state index in [4.69, 9.17) is 4.42 Å². The monoisotopic (exact) mass is 286 g/mol. The summed E-state index contributed by atoms with van der Waals surface area (Å²) in [5.41, 5.74) is 1.27. The van der Waals surface area contributed by atoms with Crippen LogP contribution in [-0.2, 0) is 4.79 Å². The molecule has 0 aliphatic carbocycles. The zero-order valence-corrected chi connectivity index (χ0v) is 12.8. The molecule has 4 nitrogen and oxygen atoms in total. The van der Waals surface area contributed by atoms with E-state index in [0.717, 1.165) is 30.5 Å². The Balaban J connectivity index is 2.04. The van der Waals surface area contributed by atoms with Crippen LogP contribution in [0.4, 0.5) is 6.01 Å². The summed E-state index contributed by atoms with van der Waals surface area (Å²) in [6.07, 6.45) is 4.51. The Bertz CT molecular complexity index is 588. The Hall–Kier alpha value is -2.10. The summed E-state index contributed by atoms with van der Waals surface area (Å²) in [7, 11) is 0. The molecular formula is C17H22N2O2. The molecule has 112 valence electrons. The number of carbonyl (C=O) groups is 1. The van der Waals surface area contributed by atoms with Gasteiger partial charge in [-0.2, -0.15) is 4.98 Å². The van der Waals surface area contributed by atoms with Crippen LogP contribution in [0.1, 0.15) is 40.0 Å². The van der Waals surface area contributed by atoms with E-state index in [-0.39, 0.29) is 11.9 Å². The summed E-state index contributed by atoms with van der Waals surface area (Å²) in [6.45, 7) is 6.01. The van der Waals surface area contributed by atoms with E-state index in [1.165, 1.54) is 0 Å². The highest BCUT2D eigenvalue weighted by Gasteiger charge is 2.28. The molecule has 0 aliphatic heterocycles. The Labute approximate surface area is 125 Å². The van der Waals surface area contributed by atoms with Crippen LogP contribution in [0.25, 0.3) is 11.3 Å². The number of nitrogens with one attached hydrogen (secondary N) is 1. The summed E-state index contributed by atoms with van der Waals surface area (Å²) in [5.74, 6) is -0.0580. The van der Waals surface area contributed by atoms with Crippen molar-refractivity contribution in [1.82, 2.24) is 4.98 Å². The standard InChI is InChI=1S/C17H22N2O2/c1-4-5-11-17(2,3)15(20)19-16-18-14(12-21-16)13-9-7-6-8-10-13/h6-10,12H,4-5,11H2,1-3H3,(H,18,19,20). The maximum atomic E-state index is 12.3. The van der Waals surface area contributed by atoms with E-state index in [0.29, 0.717) is 0 Å². The van der Waals surface area contributed by atoms with Crippen LogP contribution in [0, 0.1) is 5.41 Å². The van der Waals surface area contributed by atoms with Gasteiger partial charge in [-0.25, -0.2) is 0 Å². The molecule has 1 amide bonds. The van der Waals surface area contributed by atoms with Gasteiger partial charge in [0.2, 0.25) is 5.91 Å². The third-order valence-corrected chi connectivity index (χ3v) is 3.56. The van der Waals surface area contributed by atoms with Crippen LogP contribution in [0.3, 0.4) is 0 Å². The van der Waals surface area contributed by atoms with Gasteiger partial charge in [0.15, 0.2) is 0 Å². The molecular weight excluding hydrogens is 264 g/mol. The highest BCUT2D eigenvalue weighted by atomic mass is 16.4. The van der Waals surface area contributed by atoms with Crippen LogP contribution in [0.2, 0.25) is 0 Å². The number of rotatable bonds is 6. The van der Waals surface area contributed by atoms with E-state index >= 15 is 0 Å². The Kier molecular flexibility index (Phi) is 4.78. The minimum Gasteiger partial charge on any atom is -0.431 e. The zero-order chi connectivity index (χ0) is 15.3. The first kappa shape index (κ1) is 15.3. The Morgan fingerprint density at radius 2 is 2.00 bits per heavy atom. The largest absolute Gasteiger partial charge is 0.431 e. The van der Waals surface area contributed by atoms with Crippen LogP contribution >= 0.6 is 0 Å². The molecule has 0 unspecified atom stereocenters. The van der Waals surface area contributed by atoms with Crippen molar-refractivity contribution in [3.05, 3.63) is 36.6 Å². The summed E-state index contributed by atoms with van der Waals surface area (Å²) < 4.78 is 5.35. The van der Waals surface area contributed by atoms with Gasteiger partial charge < -0.3 is 4.42 Å². The van der Waals surface area contributed by atoms with E-state index in [9.17, 15) is 4.79 Å². The third kappa shape index (κ3) is 3.94. The van der Waals surface area contributed by atoms with Gasteiger partial charge in [-0.15, -0.1) is 0 Å². The number of hydrogen-bond donors (Lipinski definition) is 1. The third-order valence-electron chi connectivity index (χ3n) is 3.56. The molecule has 1 heterocycles. The number of unbranched alkanes of at least 4 members (excludes halogenated alkanes) is 1. The second-order valence-electron chi connectivity index (χ2n) is 5.85. The molecule has 21 heavy (non-hydrogen) atoms. The number of oxazole rings is 1. The topological polar surface area (TPSA) is 55.1 Å². The smallest absolute Gasteiger partial charge is 0.301 e. The molecule has 0 bridgehead atoms. The first-order valence-corrected chi connectivity index (χ1v) is 7.35. The van der Waals surface area contributed by atoms with E-state index < -0.39 is 5.41 Å². The number of aromatic nitrogens is 1. The lowest BCUT2D eigenvalue weighted by atomic mass is 9.86. The summed E-state index contributed by atoms with van der Waals surface area (Å²) >= 11 is 0. The van der Waals surface area contributed by atoms with Gasteiger partial charge >= 0.3 is 6.01 Å². The fourth-order valence-electron chi connectivity index (χ4n) is 2.07. The second-order valence-corrected chi connectivity index (χ2v) is 5.85. The minimum absolute atomic E-state index is 0.0580. The van der Waals surface area contributed by atoms with E-state index in [2.05, 4.69) is 17.2 Å². The predicted molar refractivity (Wildman–Crippen MR) is 83.9 cm³/mol. The van der Waals surface area contributed by atoms with Gasteiger partial charge in [0.25, 0.3) is 0 Å². The van der Waals surface area contributed by atoms with Crippen molar-refractivity contribution in [2.24, 2.45) is 5.41 Å². The maximum Gasteiger partial charge on any atom is 0.301 e. The lowest BCUT2D eigenvalue weighted by Crippen LogP contribution is -2.30. The summed E-state index contributed by atoms with van der Waals surface area (Å²) in [6, 6.07) is 9.99. The number of hydrogen-bond acceptors (Lipinski definition) is 3. The minimum atomic E-state index is -0.419. The molecule has 1 aromatic carbocycles. The molecule has 0 spiro atoms. The summed E-state index contributed by atoms with van der Waals surface area (Å²) in [5, 5.41) is 2.76. The fraction of sp³-hybridized carbons (Fsp3) is 0.412. The molecule has 0 saturated heterocycles. The number of nitrogens with zero attached hydrogens (tertiary/aromatic N) is 1. The van der Waals surface area contributed by atoms with Crippen LogP contribution < -0.4 is 5.32 Å². The molecule has 0 atom stereocenters. The first-order chi connectivity index (χ1) is 10.0. The quantitative estimate of drug-likeness (QED) is 0.850. The van der Waals surface area contributed by atoms with E-state index in [1.54, 1.807) is 6.26 Å². The highest BCUT2D eigenvalue weighted by Crippen LogP contribution is 2.26. The van der Waals surface area contributed by atoms with Gasteiger partial charge in [0, 0.05) is 11.0 Å². The second kappa shape index (κ2) is 6.57.